The van der Waals surface area contributed by atoms with Crippen molar-refractivity contribution in [1.82, 2.24) is 5.32 Å². The molecule has 1 heterocycles. The molecule has 34 heavy (non-hydrogen) atoms. The number of hydrogen-bond donors (Lipinski definition) is 1. The molecule has 1 fully saturated rings. The van der Waals surface area contributed by atoms with Crippen LogP contribution < -0.4 is 14.5 Å². The molecule has 6 nitrogen and oxygen atoms in total. The number of carbonyl (C=O) groups is 1. The van der Waals surface area contributed by atoms with Gasteiger partial charge in [0, 0.05) is 31.7 Å². The van der Waals surface area contributed by atoms with Crippen molar-refractivity contribution in [3.8, 4) is 0 Å². The Balaban J connectivity index is 1.53. The minimum absolute atomic E-state index is 0.0738. The molecule has 1 saturated heterocycles. The van der Waals surface area contributed by atoms with E-state index in [4.69, 9.17) is 0 Å². The third-order valence-corrected chi connectivity index (χ3v) is 7.65. The second-order valence-electron chi connectivity index (χ2n) is 9.86. The number of carbonyl (C=O) groups excluding carboxylic acids is 1. The molecule has 2 aromatic carbocycles. The molecule has 2 atom stereocenters. The van der Waals surface area contributed by atoms with E-state index >= 15 is 0 Å². The Labute approximate surface area is 205 Å². The Bertz CT molecular complexity index is 1060. The molecule has 0 radical (unpaired) electrons. The van der Waals surface area contributed by atoms with Crippen LogP contribution in [0.3, 0.4) is 0 Å². The van der Waals surface area contributed by atoms with Crippen molar-refractivity contribution >= 4 is 27.3 Å². The Morgan fingerprint density at radius 2 is 1.79 bits per heavy atom. The fourth-order valence-electron chi connectivity index (χ4n) is 4.76. The Hall–Kier alpha value is -2.54. The largest absolute Gasteiger partial charge is 0.371 e. The van der Waals surface area contributed by atoms with Gasteiger partial charge in [-0.15, -0.1) is 0 Å². The van der Waals surface area contributed by atoms with Gasteiger partial charge in [-0.05, 0) is 86.9 Å². The molecule has 2 aromatic rings. The number of amides is 1. The number of rotatable bonds is 9. The quantitative estimate of drug-likeness (QED) is 0.545. The van der Waals surface area contributed by atoms with Gasteiger partial charge >= 0.3 is 0 Å². The van der Waals surface area contributed by atoms with E-state index in [0.717, 1.165) is 35.7 Å². The molecule has 186 valence electrons. The van der Waals surface area contributed by atoms with Gasteiger partial charge in [0.25, 0.3) is 0 Å². The fraction of sp³-hybridized carbons (Fsp3) is 0.519. The highest BCUT2D eigenvalue weighted by molar-refractivity contribution is 7.92. The van der Waals surface area contributed by atoms with Crippen LogP contribution in [0.1, 0.15) is 62.3 Å². The highest BCUT2D eigenvalue weighted by Gasteiger charge is 2.19. The normalized spacial score (nSPS) is 17.3. The number of sulfonamides is 1. The highest BCUT2D eigenvalue weighted by atomic mass is 32.2. The van der Waals surface area contributed by atoms with Gasteiger partial charge in [0.05, 0.1) is 18.0 Å². The minimum Gasteiger partial charge on any atom is -0.371 e. The zero-order valence-electron chi connectivity index (χ0n) is 21.2. The summed E-state index contributed by atoms with van der Waals surface area (Å²) in [6.45, 7) is 10.6. The summed E-state index contributed by atoms with van der Waals surface area (Å²) in [6.07, 6.45) is 4.45. The number of aryl methyl sites for hydroxylation is 2. The summed E-state index contributed by atoms with van der Waals surface area (Å²) in [5, 5.41) is 3.05. The molecule has 2 unspecified atom stereocenters. The number of anilines is 2. The van der Waals surface area contributed by atoms with Gasteiger partial charge in [-0.1, -0.05) is 25.1 Å². The van der Waals surface area contributed by atoms with Crippen LogP contribution in [0, 0.1) is 19.8 Å². The van der Waals surface area contributed by atoms with Crippen LogP contribution in [0.15, 0.2) is 42.5 Å². The molecule has 0 aliphatic carbocycles. The first kappa shape index (κ1) is 26.1. The zero-order chi connectivity index (χ0) is 24.9. The summed E-state index contributed by atoms with van der Waals surface area (Å²) < 4.78 is 26.1. The minimum atomic E-state index is -3.43. The van der Waals surface area contributed by atoms with Crippen molar-refractivity contribution in [2.45, 2.75) is 59.4 Å². The number of piperidine rings is 1. The molecule has 3 rings (SSSR count). The lowest BCUT2D eigenvalue weighted by atomic mass is 9.99. The molecular formula is C27H39N3O3S. The van der Waals surface area contributed by atoms with E-state index in [1.807, 2.05) is 39.0 Å². The molecule has 1 aliphatic heterocycles. The van der Waals surface area contributed by atoms with Crippen molar-refractivity contribution in [3.05, 3.63) is 59.2 Å². The molecule has 7 heteroatoms. The number of benzene rings is 2. The first-order valence-electron chi connectivity index (χ1n) is 12.2. The van der Waals surface area contributed by atoms with E-state index < -0.39 is 10.0 Å². The molecule has 1 amide bonds. The molecule has 1 N–H and O–H groups in total. The molecule has 1 aliphatic rings. The second kappa shape index (κ2) is 11.3. The standard InChI is InChI=1S/C27H39N3O3S/c1-20-8-6-14-29(19-20)25-12-10-24(11-13-25)23(4)28-27(31)9-7-15-30(34(5,32)33)26-17-21(2)16-22(3)18-26/h10-13,16-18,20,23H,6-9,14-15,19H2,1-5H3,(H,28,31). The van der Waals surface area contributed by atoms with E-state index in [2.05, 4.69) is 41.4 Å². The van der Waals surface area contributed by atoms with Crippen molar-refractivity contribution in [2.24, 2.45) is 5.92 Å². The maximum Gasteiger partial charge on any atom is 0.232 e. The number of hydrogen-bond acceptors (Lipinski definition) is 4. The first-order valence-corrected chi connectivity index (χ1v) is 14.1. The van der Waals surface area contributed by atoms with Crippen LogP contribution >= 0.6 is 0 Å². The second-order valence-corrected chi connectivity index (χ2v) is 11.8. The third-order valence-electron chi connectivity index (χ3n) is 6.45. The Kier molecular flexibility index (Phi) is 8.63. The van der Waals surface area contributed by atoms with Crippen molar-refractivity contribution in [3.63, 3.8) is 0 Å². The van der Waals surface area contributed by atoms with Gasteiger partial charge in [-0.25, -0.2) is 8.42 Å². The maximum atomic E-state index is 12.6. The smallest absolute Gasteiger partial charge is 0.232 e. The lowest BCUT2D eigenvalue weighted by molar-refractivity contribution is -0.121. The van der Waals surface area contributed by atoms with Crippen LogP contribution in [-0.2, 0) is 14.8 Å². The molecule has 0 bridgehead atoms. The van der Waals surface area contributed by atoms with Crippen molar-refractivity contribution in [1.29, 1.82) is 0 Å². The van der Waals surface area contributed by atoms with E-state index in [-0.39, 0.29) is 24.9 Å². The van der Waals surface area contributed by atoms with Crippen LogP contribution in [0.2, 0.25) is 0 Å². The number of nitrogens with zero attached hydrogens (tertiary/aromatic N) is 2. The highest BCUT2D eigenvalue weighted by Crippen LogP contribution is 2.25. The van der Waals surface area contributed by atoms with Crippen LogP contribution in [0.25, 0.3) is 0 Å². The van der Waals surface area contributed by atoms with Gasteiger partial charge in [0.1, 0.15) is 0 Å². The summed E-state index contributed by atoms with van der Waals surface area (Å²) in [7, 11) is -3.43. The molecule has 0 spiro atoms. The number of nitrogens with one attached hydrogen (secondary N) is 1. The topological polar surface area (TPSA) is 69.7 Å². The third kappa shape index (κ3) is 7.23. The fourth-order valence-corrected chi connectivity index (χ4v) is 5.71. The molecule has 0 aromatic heterocycles. The molecule has 0 saturated carbocycles. The van der Waals surface area contributed by atoms with E-state index in [9.17, 15) is 13.2 Å². The lowest BCUT2D eigenvalue weighted by Crippen LogP contribution is -2.34. The summed E-state index contributed by atoms with van der Waals surface area (Å²) in [4.78, 5) is 15.0. The van der Waals surface area contributed by atoms with Gasteiger partial charge in [0.2, 0.25) is 15.9 Å². The zero-order valence-corrected chi connectivity index (χ0v) is 22.0. The summed E-state index contributed by atoms with van der Waals surface area (Å²) in [5.74, 6) is 0.649. The van der Waals surface area contributed by atoms with E-state index in [1.54, 1.807) is 0 Å². The summed E-state index contributed by atoms with van der Waals surface area (Å²) in [5.41, 5.74) is 4.97. The van der Waals surface area contributed by atoms with Gasteiger partial charge in [-0.3, -0.25) is 9.10 Å². The average Bonchev–Trinajstić information content (AvgIpc) is 2.75. The van der Waals surface area contributed by atoms with Gasteiger partial charge < -0.3 is 10.2 Å². The maximum absolute atomic E-state index is 12.6. The SMILES string of the molecule is Cc1cc(C)cc(N(CCCC(=O)NC(C)c2ccc(N3CCCC(C)C3)cc2)S(C)(=O)=O)c1. The van der Waals surface area contributed by atoms with Crippen molar-refractivity contribution < 1.29 is 13.2 Å². The van der Waals surface area contributed by atoms with E-state index in [0.29, 0.717) is 12.1 Å². The summed E-state index contributed by atoms with van der Waals surface area (Å²) >= 11 is 0. The lowest BCUT2D eigenvalue weighted by Gasteiger charge is -2.33. The van der Waals surface area contributed by atoms with Crippen LogP contribution in [0.5, 0.6) is 0 Å². The summed E-state index contributed by atoms with van der Waals surface area (Å²) in [6, 6.07) is 14.1. The average molecular weight is 486 g/mol. The molecular weight excluding hydrogens is 446 g/mol. The van der Waals surface area contributed by atoms with Crippen LogP contribution in [0.4, 0.5) is 11.4 Å². The predicted molar refractivity (Wildman–Crippen MR) is 141 cm³/mol. The van der Waals surface area contributed by atoms with Crippen molar-refractivity contribution in [2.75, 3.05) is 35.1 Å². The Morgan fingerprint density at radius 3 is 2.38 bits per heavy atom. The predicted octanol–water partition coefficient (Wildman–Crippen LogP) is 4.96. The monoisotopic (exact) mass is 485 g/mol. The first-order chi connectivity index (χ1) is 16.0. The van der Waals surface area contributed by atoms with E-state index in [1.165, 1.54) is 29.1 Å². The Morgan fingerprint density at radius 1 is 1.15 bits per heavy atom. The van der Waals surface area contributed by atoms with Gasteiger partial charge in [-0.2, -0.15) is 0 Å². The van der Waals surface area contributed by atoms with Gasteiger partial charge in [0.15, 0.2) is 0 Å². The van der Waals surface area contributed by atoms with Crippen LogP contribution in [-0.4, -0.2) is 40.2 Å².